The second-order valence-electron chi connectivity index (χ2n) is 7.79. The van der Waals surface area contributed by atoms with Crippen LogP contribution in [-0.4, -0.2) is 40.3 Å². The van der Waals surface area contributed by atoms with Gasteiger partial charge in [0.05, 0.1) is 25.9 Å². The van der Waals surface area contributed by atoms with Gasteiger partial charge >= 0.3 is 0 Å². The highest BCUT2D eigenvalue weighted by Gasteiger charge is 2.29. The maximum absolute atomic E-state index is 11.4. The van der Waals surface area contributed by atoms with Gasteiger partial charge in [-0.1, -0.05) is 32.9 Å². The van der Waals surface area contributed by atoms with E-state index in [9.17, 15) is 4.79 Å². The number of aryl methyl sites for hydroxylation is 1. The molecule has 1 amide bonds. The van der Waals surface area contributed by atoms with Gasteiger partial charge in [-0.2, -0.15) is 5.10 Å². The fourth-order valence-corrected chi connectivity index (χ4v) is 3.25. The zero-order valence-corrected chi connectivity index (χ0v) is 21.5. The quantitative estimate of drug-likeness (QED) is 0.303. The summed E-state index contributed by atoms with van der Waals surface area (Å²) in [5, 5.41) is 14.3. The fraction of sp³-hybridized carbons (Fsp3) is 0.333. The lowest BCUT2D eigenvalue weighted by Crippen LogP contribution is -2.12. The maximum atomic E-state index is 11.4. The number of carbonyl (C=O) groups is 1. The van der Waals surface area contributed by atoms with Crippen molar-refractivity contribution in [1.29, 1.82) is 0 Å². The van der Waals surface area contributed by atoms with E-state index in [0.717, 1.165) is 53.2 Å². The number of ether oxygens (including phenoxy) is 2. The monoisotopic (exact) mass is 490 g/mol. The Bertz CT molecular complexity index is 1250. The molecule has 1 aliphatic rings. The number of carbonyl (C=O) groups excluding carboxylic acids is 1. The van der Waals surface area contributed by atoms with Gasteiger partial charge < -0.3 is 20.1 Å². The summed E-state index contributed by atoms with van der Waals surface area (Å²) >= 11 is 0. The summed E-state index contributed by atoms with van der Waals surface area (Å²) in [6.07, 6.45) is 4.49. The van der Waals surface area contributed by atoms with Gasteiger partial charge in [-0.05, 0) is 49.2 Å². The van der Waals surface area contributed by atoms with E-state index in [0.29, 0.717) is 11.6 Å². The van der Waals surface area contributed by atoms with Crippen molar-refractivity contribution in [2.24, 2.45) is 5.92 Å². The minimum atomic E-state index is 0.134. The molecule has 0 atom stereocenters. The van der Waals surface area contributed by atoms with Crippen molar-refractivity contribution < 1.29 is 14.3 Å². The maximum Gasteiger partial charge on any atom is 0.227 e. The number of para-hydroxylation sites is 1. The minimum Gasteiger partial charge on any atom is -0.497 e. The molecule has 1 saturated carbocycles. The van der Waals surface area contributed by atoms with Gasteiger partial charge in [0, 0.05) is 23.4 Å². The van der Waals surface area contributed by atoms with Gasteiger partial charge in [0.1, 0.15) is 11.6 Å². The molecule has 0 bridgehead atoms. The van der Waals surface area contributed by atoms with E-state index in [2.05, 4.69) is 30.8 Å². The Morgan fingerprint density at radius 1 is 1.03 bits per heavy atom. The van der Waals surface area contributed by atoms with Crippen molar-refractivity contribution in [3.63, 3.8) is 0 Å². The number of rotatable bonds is 7. The molecule has 4 aromatic rings. The molecular weight excluding hydrogens is 456 g/mol. The molecule has 2 aromatic heterocycles. The second-order valence-corrected chi connectivity index (χ2v) is 7.79. The Labute approximate surface area is 211 Å². The molecule has 36 heavy (non-hydrogen) atoms. The first-order chi connectivity index (χ1) is 17.6. The Hall–Kier alpha value is -4.14. The Kier molecular flexibility index (Phi) is 9.62. The van der Waals surface area contributed by atoms with Gasteiger partial charge in [0.25, 0.3) is 0 Å². The van der Waals surface area contributed by atoms with Crippen LogP contribution in [-0.2, 0) is 11.2 Å². The van der Waals surface area contributed by atoms with E-state index < -0.39 is 0 Å². The fourth-order valence-electron chi connectivity index (χ4n) is 3.25. The standard InChI is InChI=1S/C14H15N5O.C11H13NO2.C2H6/c1-3-12-15-8-11(20-2)14(16-12)17-13-9-6-4-5-7-10(9)18-19-13;1-14-10-6-4-9(5-7-10)12-11(13)8-2-3-8;1-2/h4-8H,3H2,1-2H3,(H2,15,16,17,18,19);4-8H,2-3H2,1H3,(H,12,13);1-2H3. The molecule has 3 N–H and O–H groups in total. The average molecular weight is 491 g/mol. The molecule has 9 heteroatoms. The predicted octanol–water partition coefficient (Wildman–Crippen LogP) is 5.74. The molecule has 2 aromatic carbocycles. The summed E-state index contributed by atoms with van der Waals surface area (Å²) in [5.74, 6) is 3.88. The van der Waals surface area contributed by atoms with Crippen molar-refractivity contribution >= 4 is 34.1 Å². The average Bonchev–Trinajstić information content (AvgIpc) is 3.72. The number of nitrogens with one attached hydrogen (secondary N) is 3. The highest BCUT2D eigenvalue weighted by Crippen LogP contribution is 2.30. The van der Waals surface area contributed by atoms with Crippen LogP contribution in [0.4, 0.5) is 17.3 Å². The number of nitrogens with zero attached hydrogens (tertiary/aromatic N) is 3. The number of hydrogen-bond acceptors (Lipinski definition) is 7. The Morgan fingerprint density at radius 3 is 2.39 bits per heavy atom. The molecule has 0 spiro atoms. The number of fused-ring (bicyclic) bond motifs is 1. The number of aromatic nitrogens is 4. The van der Waals surface area contributed by atoms with Crippen LogP contribution in [0.25, 0.3) is 10.9 Å². The van der Waals surface area contributed by atoms with E-state index in [1.165, 1.54) is 0 Å². The third-order valence-electron chi connectivity index (χ3n) is 5.35. The summed E-state index contributed by atoms with van der Waals surface area (Å²) in [5.41, 5.74) is 1.81. The van der Waals surface area contributed by atoms with E-state index in [4.69, 9.17) is 9.47 Å². The van der Waals surface area contributed by atoms with Crippen LogP contribution in [0.15, 0.2) is 54.7 Å². The number of anilines is 3. The normalized spacial score (nSPS) is 11.9. The molecule has 0 aliphatic heterocycles. The van der Waals surface area contributed by atoms with E-state index >= 15 is 0 Å². The van der Waals surface area contributed by atoms with E-state index in [-0.39, 0.29) is 11.8 Å². The summed E-state index contributed by atoms with van der Waals surface area (Å²) in [6, 6.07) is 15.3. The largest absolute Gasteiger partial charge is 0.497 e. The molecule has 0 radical (unpaired) electrons. The van der Waals surface area contributed by atoms with Crippen LogP contribution >= 0.6 is 0 Å². The van der Waals surface area contributed by atoms with Crippen LogP contribution in [0, 0.1) is 5.92 Å². The first kappa shape index (κ1) is 26.5. The summed E-state index contributed by atoms with van der Waals surface area (Å²) in [6.45, 7) is 6.01. The lowest BCUT2D eigenvalue weighted by molar-refractivity contribution is -0.117. The summed E-state index contributed by atoms with van der Waals surface area (Å²) in [7, 11) is 3.22. The second kappa shape index (κ2) is 13.1. The molecular formula is C27H34N6O3. The molecule has 2 heterocycles. The third kappa shape index (κ3) is 6.94. The van der Waals surface area contributed by atoms with E-state index in [1.54, 1.807) is 20.4 Å². The summed E-state index contributed by atoms with van der Waals surface area (Å²) in [4.78, 5) is 20.0. The van der Waals surface area contributed by atoms with Crippen molar-refractivity contribution in [3.8, 4) is 11.5 Å². The van der Waals surface area contributed by atoms with Crippen LogP contribution in [0.3, 0.4) is 0 Å². The molecule has 0 saturated heterocycles. The number of H-pyrrole nitrogens is 1. The van der Waals surface area contributed by atoms with Gasteiger partial charge in [-0.25, -0.2) is 9.97 Å². The molecule has 190 valence electrons. The zero-order chi connectivity index (χ0) is 25.9. The topological polar surface area (TPSA) is 114 Å². The summed E-state index contributed by atoms with van der Waals surface area (Å²) < 4.78 is 10.3. The minimum absolute atomic E-state index is 0.134. The van der Waals surface area contributed by atoms with Crippen molar-refractivity contribution in [1.82, 2.24) is 20.2 Å². The number of amides is 1. The van der Waals surface area contributed by atoms with Crippen molar-refractivity contribution in [3.05, 3.63) is 60.6 Å². The van der Waals surface area contributed by atoms with Gasteiger partial charge in [0.2, 0.25) is 5.91 Å². The van der Waals surface area contributed by atoms with Crippen LogP contribution in [0.2, 0.25) is 0 Å². The Morgan fingerprint density at radius 2 is 1.75 bits per heavy atom. The lowest BCUT2D eigenvalue weighted by atomic mass is 10.2. The zero-order valence-electron chi connectivity index (χ0n) is 21.5. The first-order valence-corrected chi connectivity index (χ1v) is 12.2. The lowest BCUT2D eigenvalue weighted by Gasteiger charge is -2.09. The highest BCUT2D eigenvalue weighted by atomic mass is 16.5. The molecule has 1 fully saturated rings. The molecule has 9 nitrogen and oxygen atoms in total. The van der Waals surface area contributed by atoms with E-state index in [1.807, 2.05) is 69.3 Å². The van der Waals surface area contributed by atoms with Gasteiger partial charge in [-0.3, -0.25) is 9.89 Å². The van der Waals surface area contributed by atoms with Crippen LogP contribution in [0.1, 0.15) is 39.4 Å². The van der Waals surface area contributed by atoms with Gasteiger partial charge in [-0.15, -0.1) is 0 Å². The molecule has 1 aliphatic carbocycles. The number of hydrogen-bond donors (Lipinski definition) is 3. The smallest absolute Gasteiger partial charge is 0.227 e. The van der Waals surface area contributed by atoms with Crippen LogP contribution < -0.4 is 20.1 Å². The first-order valence-electron chi connectivity index (χ1n) is 12.2. The van der Waals surface area contributed by atoms with Crippen molar-refractivity contribution in [2.75, 3.05) is 24.9 Å². The molecule has 5 rings (SSSR count). The SMILES string of the molecule is CC.CCc1ncc(OC)c(Nc2n[nH]c3ccccc23)n1.COc1ccc(NC(=O)C2CC2)cc1. The highest BCUT2D eigenvalue weighted by molar-refractivity contribution is 5.94. The van der Waals surface area contributed by atoms with Gasteiger partial charge in [0.15, 0.2) is 17.4 Å². The third-order valence-corrected chi connectivity index (χ3v) is 5.35. The van der Waals surface area contributed by atoms with Crippen molar-refractivity contribution in [2.45, 2.75) is 40.0 Å². The number of aromatic amines is 1. The number of benzene rings is 2. The molecule has 0 unspecified atom stereocenters. The number of methoxy groups -OCH3 is 2. The predicted molar refractivity (Wildman–Crippen MR) is 143 cm³/mol. The van der Waals surface area contributed by atoms with Crippen LogP contribution in [0.5, 0.6) is 11.5 Å². The Balaban J connectivity index is 0.000000198.